The summed E-state index contributed by atoms with van der Waals surface area (Å²) in [6.07, 6.45) is 0. The van der Waals surface area contributed by atoms with Crippen LogP contribution in [0, 0.1) is 0 Å². The monoisotopic (exact) mass is 219 g/mol. The van der Waals surface area contributed by atoms with E-state index in [0.29, 0.717) is 11.5 Å². The lowest BCUT2D eigenvalue weighted by molar-refractivity contribution is 0.0687. The van der Waals surface area contributed by atoms with Gasteiger partial charge in [-0.2, -0.15) is 0 Å². The SMILES string of the molecule is Cn1c(C(=O)O)cc2cc3c(cc21)OCO3. The van der Waals surface area contributed by atoms with E-state index in [-0.39, 0.29) is 12.5 Å². The molecule has 0 fully saturated rings. The second-order valence-corrected chi connectivity index (χ2v) is 3.66. The number of rotatable bonds is 1. The quantitative estimate of drug-likeness (QED) is 0.791. The Kier molecular flexibility index (Phi) is 1.65. The van der Waals surface area contributed by atoms with E-state index in [1.165, 1.54) is 0 Å². The topological polar surface area (TPSA) is 60.7 Å². The van der Waals surface area contributed by atoms with Crippen LogP contribution in [0.5, 0.6) is 11.5 Å². The Morgan fingerprint density at radius 1 is 1.31 bits per heavy atom. The molecule has 0 radical (unpaired) electrons. The molecule has 5 nitrogen and oxygen atoms in total. The van der Waals surface area contributed by atoms with Crippen molar-refractivity contribution in [3.05, 3.63) is 23.9 Å². The lowest BCUT2D eigenvalue weighted by atomic mass is 10.2. The van der Waals surface area contributed by atoms with Crippen molar-refractivity contribution < 1.29 is 19.4 Å². The number of nitrogens with zero attached hydrogens (tertiary/aromatic N) is 1. The molecular formula is C11H9NO4. The maximum Gasteiger partial charge on any atom is 0.352 e. The van der Waals surface area contributed by atoms with E-state index in [1.54, 1.807) is 29.8 Å². The average Bonchev–Trinajstić information content (AvgIpc) is 2.80. The number of carboxylic acid groups (broad SMARTS) is 1. The molecule has 0 spiro atoms. The first-order chi connectivity index (χ1) is 7.66. The number of ether oxygens (including phenoxy) is 2. The van der Waals surface area contributed by atoms with E-state index >= 15 is 0 Å². The molecule has 1 aliphatic heterocycles. The maximum absolute atomic E-state index is 11.0. The lowest BCUT2D eigenvalue weighted by Gasteiger charge is -2.00. The van der Waals surface area contributed by atoms with E-state index in [4.69, 9.17) is 14.6 Å². The Hall–Kier alpha value is -2.17. The smallest absolute Gasteiger partial charge is 0.352 e. The number of benzene rings is 1. The number of hydrogen-bond acceptors (Lipinski definition) is 3. The van der Waals surface area contributed by atoms with Crippen molar-refractivity contribution in [2.24, 2.45) is 7.05 Å². The zero-order chi connectivity index (χ0) is 11.3. The van der Waals surface area contributed by atoms with Crippen molar-refractivity contribution in [2.75, 3.05) is 6.79 Å². The van der Waals surface area contributed by atoms with Crippen molar-refractivity contribution in [1.82, 2.24) is 4.57 Å². The Labute approximate surface area is 90.8 Å². The molecule has 0 saturated carbocycles. The fourth-order valence-electron chi connectivity index (χ4n) is 1.93. The van der Waals surface area contributed by atoms with Gasteiger partial charge in [-0.25, -0.2) is 4.79 Å². The third kappa shape index (κ3) is 1.08. The van der Waals surface area contributed by atoms with Crippen LogP contribution in [0.3, 0.4) is 0 Å². The Balaban J connectivity index is 2.32. The normalized spacial score (nSPS) is 13.3. The predicted molar refractivity (Wildman–Crippen MR) is 56.0 cm³/mol. The summed E-state index contributed by atoms with van der Waals surface area (Å²) in [7, 11) is 1.72. The van der Waals surface area contributed by atoms with Gasteiger partial charge in [-0.15, -0.1) is 0 Å². The standard InChI is InChI=1S/C11H9NO4/c1-12-7-4-10-9(15-5-16-10)3-6(7)2-8(12)11(13)14/h2-4H,5H2,1H3,(H,13,14). The molecule has 1 aliphatic rings. The number of carbonyl (C=O) groups is 1. The molecular weight excluding hydrogens is 210 g/mol. The van der Waals surface area contributed by atoms with Crippen LogP contribution in [0.15, 0.2) is 18.2 Å². The highest BCUT2D eigenvalue weighted by atomic mass is 16.7. The molecule has 2 aromatic rings. The van der Waals surface area contributed by atoms with Gasteiger partial charge < -0.3 is 19.1 Å². The molecule has 0 amide bonds. The van der Waals surface area contributed by atoms with E-state index in [1.807, 2.05) is 0 Å². The van der Waals surface area contributed by atoms with Gasteiger partial charge in [0.25, 0.3) is 0 Å². The van der Waals surface area contributed by atoms with Crippen LogP contribution in [0.2, 0.25) is 0 Å². The second kappa shape index (κ2) is 2.91. The largest absolute Gasteiger partial charge is 0.477 e. The number of aryl methyl sites for hydroxylation is 1. The third-order valence-electron chi connectivity index (χ3n) is 2.76. The van der Waals surface area contributed by atoms with Gasteiger partial charge in [-0.3, -0.25) is 0 Å². The van der Waals surface area contributed by atoms with Crippen LogP contribution >= 0.6 is 0 Å². The molecule has 1 N–H and O–H groups in total. The number of hydrogen-bond donors (Lipinski definition) is 1. The van der Waals surface area contributed by atoms with Gasteiger partial charge in [0, 0.05) is 18.5 Å². The Bertz CT molecular complexity index is 600. The van der Waals surface area contributed by atoms with E-state index in [9.17, 15) is 4.79 Å². The number of fused-ring (bicyclic) bond motifs is 2. The van der Waals surface area contributed by atoms with Crippen LogP contribution in [0.25, 0.3) is 10.9 Å². The predicted octanol–water partition coefficient (Wildman–Crippen LogP) is 1.61. The van der Waals surface area contributed by atoms with Crippen LogP contribution in [-0.2, 0) is 7.05 Å². The molecule has 0 saturated heterocycles. The maximum atomic E-state index is 11.0. The third-order valence-corrected chi connectivity index (χ3v) is 2.76. The van der Waals surface area contributed by atoms with E-state index in [0.717, 1.165) is 10.9 Å². The van der Waals surface area contributed by atoms with Crippen molar-refractivity contribution in [1.29, 1.82) is 0 Å². The number of aromatic nitrogens is 1. The molecule has 82 valence electrons. The fourth-order valence-corrected chi connectivity index (χ4v) is 1.93. The first-order valence-electron chi connectivity index (χ1n) is 4.79. The van der Waals surface area contributed by atoms with Crippen molar-refractivity contribution in [2.45, 2.75) is 0 Å². The minimum atomic E-state index is -0.944. The molecule has 0 unspecified atom stereocenters. The van der Waals surface area contributed by atoms with E-state index < -0.39 is 5.97 Å². The average molecular weight is 219 g/mol. The fraction of sp³-hybridized carbons (Fsp3) is 0.182. The molecule has 0 aliphatic carbocycles. The van der Waals surface area contributed by atoms with Crippen molar-refractivity contribution >= 4 is 16.9 Å². The van der Waals surface area contributed by atoms with Gasteiger partial charge in [0.1, 0.15) is 5.69 Å². The zero-order valence-electron chi connectivity index (χ0n) is 8.56. The van der Waals surface area contributed by atoms with Crippen LogP contribution in [0.4, 0.5) is 0 Å². The molecule has 0 bridgehead atoms. The van der Waals surface area contributed by atoms with Gasteiger partial charge in [-0.1, -0.05) is 0 Å². The highest BCUT2D eigenvalue weighted by Crippen LogP contribution is 2.36. The molecule has 1 aromatic carbocycles. The summed E-state index contributed by atoms with van der Waals surface area (Å²) in [5.74, 6) is 0.376. The Morgan fingerprint density at radius 2 is 2.00 bits per heavy atom. The van der Waals surface area contributed by atoms with Crippen molar-refractivity contribution in [3.63, 3.8) is 0 Å². The minimum Gasteiger partial charge on any atom is -0.477 e. The molecule has 1 aromatic heterocycles. The van der Waals surface area contributed by atoms with Crippen LogP contribution in [0.1, 0.15) is 10.5 Å². The molecule has 0 atom stereocenters. The number of carboxylic acids is 1. The first-order valence-corrected chi connectivity index (χ1v) is 4.79. The van der Waals surface area contributed by atoms with Crippen LogP contribution < -0.4 is 9.47 Å². The summed E-state index contributed by atoms with van der Waals surface area (Å²) in [6.45, 7) is 0.220. The summed E-state index contributed by atoms with van der Waals surface area (Å²) in [5.41, 5.74) is 1.07. The summed E-state index contributed by atoms with van der Waals surface area (Å²) in [4.78, 5) is 11.0. The molecule has 16 heavy (non-hydrogen) atoms. The summed E-state index contributed by atoms with van der Waals surface area (Å²) in [5, 5.41) is 9.83. The molecule has 5 heteroatoms. The summed E-state index contributed by atoms with van der Waals surface area (Å²) >= 11 is 0. The van der Waals surface area contributed by atoms with Gasteiger partial charge in [0.15, 0.2) is 11.5 Å². The Morgan fingerprint density at radius 3 is 2.69 bits per heavy atom. The molecule has 3 rings (SSSR count). The second-order valence-electron chi connectivity index (χ2n) is 3.66. The van der Waals surface area contributed by atoms with Crippen LogP contribution in [-0.4, -0.2) is 22.4 Å². The summed E-state index contributed by atoms with van der Waals surface area (Å²) < 4.78 is 12.1. The zero-order valence-corrected chi connectivity index (χ0v) is 8.56. The highest BCUT2D eigenvalue weighted by Gasteiger charge is 2.18. The van der Waals surface area contributed by atoms with Crippen molar-refractivity contribution in [3.8, 4) is 11.5 Å². The minimum absolute atomic E-state index is 0.220. The van der Waals surface area contributed by atoms with E-state index in [2.05, 4.69) is 0 Å². The van der Waals surface area contributed by atoms with Gasteiger partial charge >= 0.3 is 5.97 Å². The van der Waals surface area contributed by atoms with Gasteiger partial charge in [0.2, 0.25) is 6.79 Å². The van der Waals surface area contributed by atoms with Gasteiger partial charge in [-0.05, 0) is 12.1 Å². The number of aromatic carboxylic acids is 1. The first kappa shape index (κ1) is 9.08. The lowest BCUT2D eigenvalue weighted by Crippen LogP contribution is -2.03. The summed E-state index contributed by atoms with van der Waals surface area (Å²) in [6, 6.07) is 5.22. The molecule has 2 heterocycles. The van der Waals surface area contributed by atoms with Gasteiger partial charge in [0.05, 0.1) is 5.52 Å². The highest BCUT2D eigenvalue weighted by molar-refractivity contribution is 5.95.